The van der Waals surface area contributed by atoms with Crippen molar-refractivity contribution in [2.24, 2.45) is 22.7 Å². The minimum absolute atomic E-state index is 0.0959. The van der Waals surface area contributed by atoms with Crippen molar-refractivity contribution in [3.63, 3.8) is 0 Å². The summed E-state index contributed by atoms with van der Waals surface area (Å²) in [5.41, 5.74) is 1.10. The van der Waals surface area contributed by atoms with Crippen molar-refractivity contribution in [2.45, 2.75) is 72.3 Å². The average molecular weight is 238 g/mol. The highest BCUT2D eigenvalue weighted by Crippen LogP contribution is 2.62. The normalized spacial score (nSPS) is 49.8. The van der Waals surface area contributed by atoms with Gasteiger partial charge in [-0.25, -0.2) is 0 Å². The van der Waals surface area contributed by atoms with Gasteiger partial charge in [-0.05, 0) is 55.3 Å². The summed E-state index contributed by atoms with van der Waals surface area (Å²) in [5.74, 6) is 1.54. The highest BCUT2D eigenvalue weighted by atomic mass is 16.5. The van der Waals surface area contributed by atoms with Gasteiger partial charge in [0.15, 0.2) is 0 Å². The first-order chi connectivity index (χ1) is 7.76. The molecule has 0 spiro atoms. The Kier molecular flexibility index (Phi) is 3.14. The van der Waals surface area contributed by atoms with Gasteiger partial charge in [-0.3, -0.25) is 0 Å². The fourth-order valence-electron chi connectivity index (χ4n) is 5.03. The van der Waals surface area contributed by atoms with Crippen LogP contribution in [0.5, 0.6) is 0 Å². The van der Waals surface area contributed by atoms with E-state index in [4.69, 9.17) is 4.74 Å². The third kappa shape index (κ3) is 1.85. The molecule has 100 valence electrons. The molecular weight excluding hydrogens is 208 g/mol. The van der Waals surface area contributed by atoms with E-state index in [0.717, 1.165) is 5.92 Å². The Bertz CT molecular complexity index is 296. The van der Waals surface area contributed by atoms with Crippen LogP contribution in [0.2, 0.25) is 0 Å². The summed E-state index contributed by atoms with van der Waals surface area (Å²) in [4.78, 5) is 0. The molecule has 0 aromatic heterocycles. The van der Waals surface area contributed by atoms with Crippen LogP contribution in [0.25, 0.3) is 0 Å². The third-order valence-electron chi connectivity index (χ3n) is 6.58. The molecule has 0 aromatic carbocycles. The van der Waals surface area contributed by atoms with E-state index in [9.17, 15) is 0 Å². The summed E-state index contributed by atoms with van der Waals surface area (Å²) in [7, 11) is 1.90. The first-order valence-electron chi connectivity index (χ1n) is 7.31. The second kappa shape index (κ2) is 3.98. The van der Waals surface area contributed by atoms with Gasteiger partial charge in [-0.2, -0.15) is 0 Å². The number of fused-ring (bicyclic) bond motifs is 1. The monoisotopic (exact) mass is 238 g/mol. The van der Waals surface area contributed by atoms with Gasteiger partial charge < -0.3 is 4.74 Å². The zero-order chi connectivity index (χ0) is 12.9. The lowest BCUT2D eigenvalue weighted by atomic mass is 9.46. The molecule has 2 rings (SSSR count). The van der Waals surface area contributed by atoms with Crippen molar-refractivity contribution < 1.29 is 4.74 Å². The standard InChI is InChI=1S/C16H30O/c1-12-15(4)10-7-9-14(2,3)13(15)8-11-16(12,5)17-6/h12-13H,7-11H2,1-6H3/t12-,13?,15-,16-/m1/s1. The molecule has 1 heteroatoms. The highest BCUT2D eigenvalue weighted by molar-refractivity contribution is 5.06. The quantitative estimate of drug-likeness (QED) is 0.646. The van der Waals surface area contributed by atoms with E-state index in [2.05, 4.69) is 34.6 Å². The SMILES string of the molecule is CO[C@]1(C)CCC2C(C)(C)CCC[C@]2(C)[C@H]1C. The van der Waals surface area contributed by atoms with E-state index in [0.29, 0.717) is 16.7 Å². The topological polar surface area (TPSA) is 9.23 Å². The molecule has 1 nitrogen and oxygen atoms in total. The Morgan fingerprint density at radius 3 is 2.24 bits per heavy atom. The van der Waals surface area contributed by atoms with Crippen LogP contribution in [-0.2, 0) is 4.74 Å². The summed E-state index contributed by atoms with van der Waals surface area (Å²) in [6.07, 6.45) is 6.77. The molecule has 0 saturated heterocycles. The minimum atomic E-state index is 0.0959. The van der Waals surface area contributed by atoms with E-state index in [1.807, 2.05) is 7.11 Å². The van der Waals surface area contributed by atoms with Gasteiger partial charge in [0.1, 0.15) is 0 Å². The Hall–Kier alpha value is -0.0400. The number of hydrogen-bond acceptors (Lipinski definition) is 1. The molecule has 0 amide bonds. The minimum Gasteiger partial charge on any atom is -0.378 e. The fourth-order valence-corrected chi connectivity index (χ4v) is 5.03. The predicted molar refractivity (Wildman–Crippen MR) is 73.0 cm³/mol. The van der Waals surface area contributed by atoms with Crippen LogP contribution < -0.4 is 0 Å². The van der Waals surface area contributed by atoms with Gasteiger partial charge in [0.05, 0.1) is 5.60 Å². The molecule has 0 radical (unpaired) electrons. The summed E-state index contributed by atoms with van der Waals surface area (Å²) in [6, 6.07) is 0. The van der Waals surface area contributed by atoms with Crippen LogP contribution in [0.1, 0.15) is 66.7 Å². The molecule has 0 bridgehead atoms. The fraction of sp³-hybridized carbons (Fsp3) is 1.00. The van der Waals surface area contributed by atoms with Crippen molar-refractivity contribution in [1.82, 2.24) is 0 Å². The Morgan fingerprint density at radius 1 is 1.00 bits per heavy atom. The second-order valence-electron chi connectivity index (χ2n) is 7.68. The molecule has 2 aliphatic rings. The van der Waals surface area contributed by atoms with E-state index < -0.39 is 0 Å². The molecular formula is C16H30O. The molecule has 0 N–H and O–H groups in total. The van der Waals surface area contributed by atoms with Crippen molar-refractivity contribution in [2.75, 3.05) is 7.11 Å². The van der Waals surface area contributed by atoms with Crippen LogP contribution in [0.3, 0.4) is 0 Å². The summed E-state index contributed by atoms with van der Waals surface area (Å²) >= 11 is 0. The molecule has 0 aliphatic heterocycles. The smallest absolute Gasteiger partial charge is 0.0681 e. The Labute approximate surface area is 107 Å². The van der Waals surface area contributed by atoms with E-state index in [1.165, 1.54) is 32.1 Å². The number of rotatable bonds is 1. The lowest BCUT2D eigenvalue weighted by Gasteiger charge is -2.61. The maximum Gasteiger partial charge on any atom is 0.0681 e. The van der Waals surface area contributed by atoms with Gasteiger partial charge in [0.25, 0.3) is 0 Å². The van der Waals surface area contributed by atoms with Gasteiger partial charge >= 0.3 is 0 Å². The molecule has 2 aliphatic carbocycles. The van der Waals surface area contributed by atoms with Gasteiger partial charge in [-0.15, -0.1) is 0 Å². The van der Waals surface area contributed by atoms with Crippen molar-refractivity contribution in [3.05, 3.63) is 0 Å². The van der Waals surface area contributed by atoms with Gasteiger partial charge in [0, 0.05) is 7.11 Å². The number of ether oxygens (including phenoxy) is 1. The summed E-state index contributed by atoms with van der Waals surface area (Å²) < 4.78 is 5.87. The van der Waals surface area contributed by atoms with Gasteiger partial charge in [-0.1, -0.05) is 34.1 Å². The zero-order valence-electron chi connectivity index (χ0n) is 12.6. The lowest BCUT2D eigenvalue weighted by molar-refractivity contribution is -0.173. The van der Waals surface area contributed by atoms with Crippen LogP contribution in [0.4, 0.5) is 0 Å². The lowest BCUT2D eigenvalue weighted by Crippen LogP contribution is -2.57. The second-order valence-corrected chi connectivity index (χ2v) is 7.68. The van der Waals surface area contributed by atoms with Crippen LogP contribution in [0.15, 0.2) is 0 Å². The molecule has 4 atom stereocenters. The molecule has 17 heavy (non-hydrogen) atoms. The average Bonchev–Trinajstić information content (AvgIpc) is 2.24. The van der Waals surface area contributed by atoms with Crippen molar-refractivity contribution in [3.8, 4) is 0 Å². The summed E-state index contributed by atoms with van der Waals surface area (Å²) in [5, 5.41) is 0. The van der Waals surface area contributed by atoms with E-state index in [-0.39, 0.29) is 5.60 Å². The van der Waals surface area contributed by atoms with Crippen molar-refractivity contribution in [1.29, 1.82) is 0 Å². The van der Waals surface area contributed by atoms with Crippen LogP contribution in [0, 0.1) is 22.7 Å². The zero-order valence-corrected chi connectivity index (χ0v) is 12.6. The Morgan fingerprint density at radius 2 is 1.65 bits per heavy atom. The van der Waals surface area contributed by atoms with Crippen molar-refractivity contribution >= 4 is 0 Å². The molecule has 0 heterocycles. The number of methoxy groups -OCH3 is 1. The van der Waals surface area contributed by atoms with E-state index >= 15 is 0 Å². The Balaban J connectivity index is 2.33. The predicted octanol–water partition coefficient (Wildman–Crippen LogP) is 4.65. The molecule has 0 aromatic rings. The molecule has 1 unspecified atom stereocenters. The molecule has 2 fully saturated rings. The third-order valence-corrected chi connectivity index (χ3v) is 6.58. The van der Waals surface area contributed by atoms with Crippen LogP contribution in [-0.4, -0.2) is 12.7 Å². The van der Waals surface area contributed by atoms with Crippen LogP contribution >= 0.6 is 0 Å². The van der Waals surface area contributed by atoms with Gasteiger partial charge in [0.2, 0.25) is 0 Å². The first-order valence-corrected chi connectivity index (χ1v) is 7.31. The number of hydrogen-bond donors (Lipinski definition) is 0. The maximum absolute atomic E-state index is 5.87. The largest absolute Gasteiger partial charge is 0.378 e. The van der Waals surface area contributed by atoms with E-state index in [1.54, 1.807) is 0 Å². The highest BCUT2D eigenvalue weighted by Gasteiger charge is 2.56. The summed E-state index contributed by atoms with van der Waals surface area (Å²) in [6.45, 7) is 12.2. The first kappa shape index (κ1) is 13.4. The maximum atomic E-state index is 5.87. The molecule has 2 saturated carbocycles.